The molecule has 4 heterocycles. The topological polar surface area (TPSA) is 63.4 Å². The van der Waals surface area contributed by atoms with Crippen molar-refractivity contribution in [3.63, 3.8) is 0 Å². The number of fused-ring (bicyclic) bond motifs is 1. The standard InChI is InChI=1S/C28H34N4OS/c1-3-9-24(32-15-6-5-7-16-32)22(4-2)30-26(19-11-12-19)27-21(29)13-14-23(31-27)28-20-10-8-17-33-25(20)18-34-28/h3-4,9,13-14,18,30H,2,5-8,10-12,15-17,29H2,1H3/b9-3-,24-22-. The van der Waals surface area contributed by atoms with Crippen LogP contribution in [-0.2, 0) is 6.42 Å². The van der Waals surface area contributed by atoms with Gasteiger partial charge in [0.25, 0.3) is 0 Å². The summed E-state index contributed by atoms with van der Waals surface area (Å²) in [6.45, 7) is 9.16. The maximum Gasteiger partial charge on any atom is 0.133 e. The van der Waals surface area contributed by atoms with E-state index in [1.165, 1.54) is 41.0 Å². The summed E-state index contributed by atoms with van der Waals surface area (Å²) in [5, 5.41) is 5.84. The van der Waals surface area contributed by atoms with Gasteiger partial charge in [-0.2, -0.15) is 0 Å². The van der Waals surface area contributed by atoms with Crippen molar-refractivity contribution in [2.24, 2.45) is 0 Å². The molecule has 2 fully saturated rings. The van der Waals surface area contributed by atoms with Gasteiger partial charge in [-0.15, -0.1) is 11.3 Å². The van der Waals surface area contributed by atoms with Crippen LogP contribution in [0.4, 0.5) is 5.69 Å². The quantitative estimate of drug-likeness (QED) is 0.463. The van der Waals surface area contributed by atoms with Crippen molar-refractivity contribution in [1.29, 1.82) is 0 Å². The Kier molecular flexibility index (Phi) is 6.77. The third-order valence-corrected chi connectivity index (χ3v) is 7.72. The van der Waals surface area contributed by atoms with Gasteiger partial charge in [-0.25, -0.2) is 4.98 Å². The molecule has 0 aromatic carbocycles. The van der Waals surface area contributed by atoms with Crippen molar-refractivity contribution < 1.29 is 4.74 Å². The first-order valence-electron chi connectivity index (χ1n) is 12.4. The summed E-state index contributed by atoms with van der Waals surface area (Å²) in [6, 6.07) is 4.03. The zero-order valence-corrected chi connectivity index (χ0v) is 20.8. The van der Waals surface area contributed by atoms with E-state index < -0.39 is 0 Å². The van der Waals surface area contributed by atoms with E-state index in [0.717, 1.165) is 73.9 Å². The Morgan fingerprint density at radius 1 is 1.18 bits per heavy atom. The fraction of sp³-hybridized carbons (Fsp3) is 0.393. The second kappa shape index (κ2) is 10.1. The molecule has 0 amide bonds. The largest absolute Gasteiger partial charge is 0.492 e. The van der Waals surface area contributed by atoms with E-state index in [-0.39, 0.29) is 0 Å². The molecule has 3 aliphatic rings. The highest BCUT2D eigenvalue weighted by atomic mass is 32.1. The normalized spacial score (nSPS) is 18.3. The van der Waals surface area contributed by atoms with Crippen molar-refractivity contribution in [1.82, 2.24) is 15.2 Å². The number of piperidine rings is 1. The van der Waals surface area contributed by atoms with Gasteiger partial charge >= 0.3 is 0 Å². The van der Waals surface area contributed by atoms with Crippen LogP contribution in [0.5, 0.6) is 5.75 Å². The van der Waals surface area contributed by atoms with Gasteiger partial charge in [0.1, 0.15) is 11.4 Å². The lowest BCUT2D eigenvalue weighted by atomic mass is 10.1. The summed E-state index contributed by atoms with van der Waals surface area (Å²) in [4.78, 5) is 8.77. The fourth-order valence-electron chi connectivity index (χ4n) is 4.81. The van der Waals surface area contributed by atoms with Gasteiger partial charge in [0.05, 0.1) is 40.0 Å². The second-order valence-electron chi connectivity index (χ2n) is 9.15. The number of likely N-dealkylation sites (tertiary alicyclic amines) is 1. The van der Waals surface area contributed by atoms with Gasteiger partial charge in [-0.1, -0.05) is 12.7 Å². The minimum absolute atomic E-state index is 0.696. The molecule has 0 bridgehead atoms. The van der Waals surface area contributed by atoms with Crippen LogP contribution < -0.4 is 15.8 Å². The Balaban J connectivity index is 1.53. The van der Waals surface area contributed by atoms with Gasteiger partial charge in [0, 0.05) is 24.0 Å². The number of thiophene rings is 1. The van der Waals surface area contributed by atoms with Crippen LogP contribution >= 0.6 is 11.3 Å². The molecule has 5 nitrogen and oxygen atoms in total. The number of nitrogens with one attached hydrogen (secondary N) is 1. The molecule has 0 radical (unpaired) electrons. The highest BCUT2D eigenvalue weighted by Gasteiger charge is 2.25. The number of allylic oxidation sites excluding steroid dienone is 4. The molecule has 0 unspecified atom stereocenters. The molecule has 6 heteroatoms. The third-order valence-electron chi connectivity index (χ3n) is 6.69. The van der Waals surface area contributed by atoms with Gasteiger partial charge in [-0.3, -0.25) is 0 Å². The number of hydrogen-bond donors (Lipinski definition) is 2. The van der Waals surface area contributed by atoms with Crippen LogP contribution in [0.25, 0.3) is 16.3 Å². The Hall–Kier alpha value is -2.99. The number of nitrogens with two attached hydrogens (primary N) is 1. The molecule has 178 valence electrons. The molecule has 0 spiro atoms. The monoisotopic (exact) mass is 474 g/mol. The Morgan fingerprint density at radius 3 is 2.74 bits per heavy atom. The second-order valence-corrected chi connectivity index (χ2v) is 10.0. The first-order valence-corrected chi connectivity index (χ1v) is 13.3. The Morgan fingerprint density at radius 2 is 2.00 bits per heavy atom. The summed E-state index contributed by atoms with van der Waals surface area (Å²) in [6.07, 6.45) is 14.2. The van der Waals surface area contributed by atoms with Gasteiger partial charge in [0.15, 0.2) is 0 Å². The van der Waals surface area contributed by atoms with E-state index >= 15 is 0 Å². The maximum atomic E-state index is 6.52. The zero-order valence-electron chi connectivity index (χ0n) is 20.0. The van der Waals surface area contributed by atoms with Crippen molar-refractivity contribution in [3.8, 4) is 16.3 Å². The average molecular weight is 475 g/mol. The molecule has 5 rings (SSSR count). The molecule has 2 aromatic heterocycles. The molecule has 34 heavy (non-hydrogen) atoms. The van der Waals surface area contributed by atoms with Crippen LogP contribution in [-0.4, -0.2) is 29.6 Å². The predicted molar refractivity (Wildman–Crippen MR) is 143 cm³/mol. The number of ether oxygens (including phenoxy) is 1. The van der Waals surface area contributed by atoms with Crippen molar-refractivity contribution in [3.05, 3.63) is 70.5 Å². The molecule has 1 saturated heterocycles. The van der Waals surface area contributed by atoms with Crippen molar-refractivity contribution >= 4 is 22.7 Å². The van der Waals surface area contributed by atoms with E-state index in [1.807, 2.05) is 18.2 Å². The molecule has 3 N–H and O–H groups in total. The highest BCUT2D eigenvalue weighted by molar-refractivity contribution is 7.14. The van der Waals surface area contributed by atoms with E-state index in [9.17, 15) is 0 Å². The smallest absolute Gasteiger partial charge is 0.133 e. The molecular formula is C28H34N4OS. The van der Waals surface area contributed by atoms with Crippen LogP contribution in [0.3, 0.4) is 0 Å². The lowest BCUT2D eigenvalue weighted by Gasteiger charge is -2.31. The highest BCUT2D eigenvalue weighted by Crippen LogP contribution is 2.42. The fourth-order valence-corrected chi connectivity index (χ4v) is 5.82. The minimum atomic E-state index is 0.696. The minimum Gasteiger partial charge on any atom is -0.492 e. The maximum absolute atomic E-state index is 6.52. The molecule has 2 aliphatic heterocycles. The summed E-state index contributed by atoms with van der Waals surface area (Å²) >= 11 is 1.71. The van der Waals surface area contributed by atoms with Crippen LogP contribution in [0.1, 0.15) is 56.7 Å². The lowest BCUT2D eigenvalue weighted by Crippen LogP contribution is -2.31. The van der Waals surface area contributed by atoms with E-state index in [4.69, 9.17) is 15.5 Å². The number of rotatable bonds is 7. The van der Waals surface area contributed by atoms with Crippen molar-refractivity contribution in [2.45, 2.75) is 51.9 Å². The SMILES string of the molecule is C=C/C(NC(=C1CC1)c1nc(-c2scc3c2CCCO3)ccc1N)=C(\C=C/C)N1CCCCC1. The molecule has 1 aliphatic carbocycles. The lowest BCUT2D eigenvalue weighted by molar-refractivity contribution is 0.290. The number of nitrogens with zero attached hydrogens (tertiary/aromatic N) is 2. The average Bonchev–Trinajstić information content (AvgIpc) is 3.63. The Labute approximate surface area is 206 Å². The van der Waals surface area contributed by atoms with Crippen LogP contribution in [0.15, 0.2) is 59.3 Å². The Bertz CT molecular complexity index is 1160. The van der Waals surface area contributed by atoms with E-state index in [2.05, 4.69) is 41.3 Å². The van der Waals surface area contributed by atoms with Crippen LogP contribution in [0, 0.1) is 0 Å². The zero-order chi connectivity index (χ0) is 23.5. The number of aromatic nitrogens is 1. The summed E-state index contributed by atoms with van der Waals surface area (Å²) in [7, 11) is 0. The van der Waals surface area contributed by atoms with E-state index in [0.29, 0.717) is 5.69 Å². The summed E-state index contributed by atoms with van der Waals surface area (Å²) in [5.41, 5.74) is 14.9. The molecular weight excluding hydrogens is 440 g/mol. The molecule has 0 atom stereocenters. The molecule has 2 aromatic rings. The van der Waals surface area contributed by atoms with Gasteiger partial charge in [-0.05, 0) is 81.7 Å². The van der Waals surface area contributed by atoms with Crippen LogP contribution in [0.2, 0.25) is 0 Å². The first-order chi connectivity index (χ1) is 16.7. The molecule has 1 saturated carbocycles. The van der Waals surface area contributed by atoms with Gasteiger partial charge in [0.2, 0.25) is 0 Å². The number of hydrogen-bond acceptors (Lipinski definition) is 6. The predicted octanol–water partition coefficient (Wildman–Crippen LogP) is 6.27. The van der Waals surface area contributed by atoms with Crippen molar-refractivity contribution in [2.75, 3.05) is 25.4 Å². The van der Waals surface area contributed by atoms with E-state index in [1.54, 1.807) is 11.3 Å². The first kappa shape index (κ1) is 22.8. The number of anilines is 1. The summed E-state index contributed by atoms with van der Waals surface area (Å²) < 4.78 is 5.86. The van der Waals surface area contributed by atoms with Gasteiger partial charge < -0.3 is 20.7 Å². The summed E-state index contributed by atoms with van der Waals surface area (Å²) in [5.74, 6) is 1.01. The third kappa shape index (κ3) is 4.64. The number of nitrogen functional groups attached to an aromatic ring is 1. The number of pyridine rings is 1.